The Bertz CT molecular complexity index is 498. The van der Waals surface area contributed by atoms with Gasteiger partial charge in [0.2, 0.25) is 21.8 Å². The third kappa shape index (κ3) is 8.50. The second-order valence-corrected chi connectivity index (χ2v) is 7.68. The first-order chi connectivity index (χ1) is 10.2. The van der Waals surface area contributed by atoms with Crippen molar-refractivity contribution in [2.75, 3.05) is 31.9 Å². The number of hydrogen-bond acceptors (Lipinski definition) is 5. The summed E-state index contributed by atoms with van der Waals surface area (Å²) >= 11 is 0. The van der Waals surface area contributed by atoms with Crippen molar-refractivity contribution in [1.82, 2.24) is 20.3 Å². The largest absolute Gasteiger partial charge is 0.353 e. The van der Waals surface area contributed by atoms with E-state index in [1.807, 2.05) is 6.92 Å². The third-order valence-electron chi connectivity index (χ3n) is 3.31. The highest BCUT2D eigenvalue weighted by atomic mass is 35.5. The predicted octanol–water partition coefficient (Wildman–Crippen LogP) is -0.937. The molecule has 0 aromatic heterocycles. The lowest BCUT2D eigenvalue weighted by Crippen LogP contribution is -2.52. The van der Waals surface area contributed by atoms with Crippen molar-refractivity contribution in [1.29, 1.82) is 0 Å². The zero-order valence-corrected chi connectivity index (χ0v) is 15.4. The molecule has 1 rings (SSSR count). The van der Waals surface area contributed by atoms with Crippen LogP contribution in [0.5, 0.6) is 0 Å². The van der Waals surface area contributed by atoms with Crippen molar-refractivity contribution >= 4 is 34.2 Å². The third-order valence-corrected chi connectivity index (χ3v) is 4.63. The normalized spacial score (nSPS) is 18.4. The summed E-state index contributed by atoms with van der Waals surface area (Å²) in [6, 6.07) is 0.0153. The van der Waals surface area contributed by atoms with Gasteiger partial charge in [-0.2, -0.15) is 0 Å². The summed E-state index contributed by atoms with van der Waals surface area (Å²) in [5.74, 6) is -0.871. The van der Waals surface area contributed by atoms with Crippen LogP contribution in [-0.2, 0) is 19.6 Å². The first kappa shape index (κ1) is 22.1. The van der Waals surface area contributed by atoms with E-state index in [0.29, 0.717) is 13.1 Å². The molecule has 0 aliphatic carbocycles. The molecule has 1 aliphatic heterocycles. The van der Waals surface area contributed by atoms with Crippen molar-refractivity contribution in [2.45, 2.75) is 39.3 Å². The molecule has 2 amide bonds. The number of carbonyl (C=O) groups excluding carboxylic acids is 2. The quantitative estimate of drug-likeness (QED) is 0.536. The average Bonchev–Trinajstić information content (AvgIpc) is 2.43. The number of amides is 2. The molecule has 0 radical (unpaired) electrons. The van der Waals surface area contributed by atoms with Crippen molar-refractivity contribution < 1.29 is 18.0 Å². The summed E-state index contributed by atoms with van der Waals surface area (Å²) in [6.07, 6.45) is -0.0779. The Kier molecular flexibility index (Phi) is 9.67. The SMILES string of the molecule is CC(C)NC(=O)CNS(=O)(=O)CCC(=O)N1CCNC[C@@H]1C.Cl. The Labute approximate surface area is 144 Å². The minimum Gasteiger partial charge on any atom is -0.353 e. The molecule has 0 spiro atoms. The van der Waals surface area contributed by atoms with E-state index in [4.69, 9.17) is 0 Å². The molecule has 0 saturated carbocycles. The summed E-state index contributed by atoms with van der Waals surface area (Å²) in [4.78, 5) is 25.2. The highest BCUT2D eigenvalue weighted by molar-refractivity contribution is 7.89. The second-order valence-electron chi connectivity index (χ2n) is 5.75. The predicted molar refractivity (Wildman–Crippen MR) is 91.0 cm³/mol. The number of rotatable bonds is 7. The monoisotopic (exact) mass is 370 g/mol. The maximum Gasteiger partial charge on any atom is 0.235 e. The maximum atomic E-state index is 12.1. The van der Waals surface area contributed by atoms with E-state index in [-0.39, 0.29) is 55.0 Å². The van der Waals surface area contributed by atoms with Crippen LogP contribution < -0.4 is 15.4 Å². The molecule has 1 fully saturated rings. The average molecular weight is 371 g/mol. The van der Waals surface area contributed by atoms with Crippen molar-refractivity contribution in [3.05, 3.63) is 0 Å². The van der Waals surface area contributed by atoms with Gasteiger partial charge in [0.05, 0.1) is 12.3 Å². The van der Waals surface area contributed by atoms with Gasteiger partial charge in [-0.15, -0.1) is 12.4 Å². The van der Waals surface area contributed by atoms with Crippen LogP contribution >= 0.6 is 12.4 Å². The number of hydrogen-bond donors (Lipinski definition) is 3. The van der Waals surface area contributed by atoms with E-state index < -0.39 is 10.0 Å². The molecule has 0 aromatic carbocycles. The molecule has 1 heterocycles. The zero-order chi connectivity index (χ0) is 16.8. The van der Waals surface area contributed by atoms with Gasteiger partial charge in [-0.3, -0.25) is 9.59 Å². The Balaban J connectivity index is 0.00000484. The molecular weight excluding hydrogens is 344 g/mol. The lowest BCUT2D eigenvalue weighted by Gasteiger charge is -2.34. The van der Waals surface area contributed by atoms with Gasteiger partial charge >= 0.3 is 0 Å². The van der Waals surface area contributed by atoms with E-state index in [1.54, 1.807) is 18.7 Å². The number of nitrogens with one attached hydrogen (secondary N) is 3. The first-order valence-corrected chi connectivity index (χ1v) is 9.13. The van der Waals surface area contributed by atoms with Crippen LogP contribution in [0.15, 0.2) is 0 Å². The van der Waals surface area contributed by atoms with E-state index >= 15 is 0 Å². The van der Waals surface area contributed by atoms with Gasteiger partial charge in [-0.25, -0.2) is 13.1 Å². The highest BCUT2D eigenvalue weighted by Crippen LogP contribution is 2.05. The van der Waals surface area contributed by atoms with Crippen LogP contribution in [0, 0.1) is 0 Å². The van der Waals surface area contributed by atoms with Crippen LogP contribution in [-0.4, -0.2) is 69.1 Å². The second kappa shape index (κ2) is 10.1. The zero-order valence-electron chi connectivity index (χ0n) is 13.8. The number of sulfonamides is 1. The van der Waals surface area contributed by atoms with Gasteiger partial charge in [-0.1, -0.05) is 0 Å². The van der Waals surface area contributed by atoms with Crippen LogP contribution in [0.25, 0.3) is 0 Å². The summed E-state index contributed by atoms with van der Waals surface area (Å²) in [5.41, 5.74) is 0. The Morgan fingerprint density at radius 3 is 2.57 bits per heavy atom. The number of carbonyl (C=O) groups is 2. The summed E-state index contributed by atoms with van der Waals surface area (Å²) in [7, 11) is -3.64. The Morgan fingerprint density at radius 2 is 2.00 bits per heavy atom. The fourth-order valence-electron chi connectivity index (χ4n) is 2.20. The van der Waals surface area contributed by atoms with Crippen LogP contribution in [0.3, 0.4) is 0 Å². The van der Waals surface area contributed by atoms with Gasteiger partial charge in [0, 0.05) is 38.1 Å². The van der Waals surface area contributed by atoms with Crippen LogP contribution in [0.1, 0.15) is 27.2 Å². The smallest absolute Gasteiger partial charge is 0.235 e. The Morgan fingerprint density at radius 1 is 1.35 bits per heavy atom. The molecule has 0 aromatic rings. The topological polar surface area (TPSA) is 108 Å². The van der Waals surface area contributed by atoms with Gasteiger partial charge in [-0.05, 0) is 20.8 Å². The highest BCUT2D eigenvalue weighted by Gasteiger charge is 2.24. The lowest BCUT2D eigenvalue weighted by molar-refractivity contribution is -0.133. The van der Waals surface area contributed by atoms with E-state index in [0.717, 1.165) is 6.54 Å². The molecule has 1 atom stereocenters. The van der Waals surface area contributed by atoms with E-state index in [2.05, 4.69) is 15.4 Å². The van der Waals surface area contributed by atoms with E-state index in [9.17, 15) is 18.0 Å². The fourth-order valence-corrected chi connectivity index (χ4v) is 3.14. The molecule has 23 heavy (non-hydrogen) atoms. The first-order valence-electron chi connectivity index (χ1n) is 7.48. The van der Waals surface area contributed by atoms with Crippen molar-refractivity contribution in [3.63, 3.8) is 0 Å². The molecule has 8 nitrogen and oxygen atoms in total. The minimum atomic E-state index is -3.64. The lowest BCUT2D eigenvalue weighted by atomic mass is 10.2. The molecule has 3 N–H and O–H groups in total. The molecule has 1 saturated heterocycles. The maximum absolute atomic E-state index is 12.1. The van der Waals surface area contributed by atoms with Crippen molar-refractivity contribution in [2.24, 2.45) is 0 Å². The van der Waals surface area contributed by atoms with Crippen molar-refractivity contribution in [3.8, 4) is 0 Å². The molecule has 0 unspecified atom stereocenters. The standard InChI is InChI=1S/C13H26N4O4S.ClH/c1-10(2)16-12(18)9-15-22(20,21)7-4-13(19)17-6-5-14-8-11(17)3;/h10-11,14-15H,4-9H2,1-3H3,(H,16,18);1H/t11-;/m0./s1. The Hall–Kier alpha value is -0.900. The number of nitrogens with zero attached hydrogens (tertiary/aromatic N) is 1. The van der Waals surface area contributed by atoms with Crippen LogP contribution in [0.4, 0.5) is 0 Å². The number of piperazine rings is 1. The molecule has 136 valence electrons. The van der Waals surface area contributed by atoms with Gasteiger partial charge < -0.3 is 15.5 Å². The van der Waals surface area contributed by atoms with Crippen LogP contribution in [0.2, 0.25) is 0 Å². The minimum absolute atomic E-state index is 0. The molecular formula is C13H27ClN4O4S. The van der Waals surface area contributed by atoms with Gasteiger partial charge in [0.25, 0.3) is 0 Å². The summed E-state index contributed by atoms with van der Waals surface area (Å²) < 4.78 is 25.8. The molecule has 1 aliphatic rings. The summed E-state index contributed by atoms with van der Waals surface area (Å²) in [6.45, 7) is 7.22. The molecule has 10 heteroatoms. The van der Waals surface area contributed by atoms with E-state index in [1.165, 1.54) is 0 Å². The van der Waals surface area contributed by atoms with Gasteiger partial charge in [0.15, 0.2) is 0 Å². The summed E-state index contributed by atoms with van der Waals surface area (Å²) in [5, 5.41) is 5.76. The fraction of sp³-hybridized carbons (Fsp3) is 0.846. The number of halogens is 1. The molecule has 0 bridgehead atoms. The van der Waals surface area contributed by atoms with Gasteiger partial charge in [0.1, 0.15) is 0 Å².